The van der Waals surface area contributed by atoms with Crippen LogP contribution in [0.2, 0.25) is 0 Å². The first kappa shape index (κ1) is 22.9. The number of para-hydroxylation sites is 1. The highest BCUT2D eigenvalue weighted by molar-refractivity contribution is 8.01. The molecule has 1 unspecified atom stereocenters. The number of carboxylic acids is 1. The monoisotopic (exact) mass is 440 g/mol. The molecular formula is C24H28N2O4S. The molecule has 164 valence electrons. The van der Waals surface area contributed by atoms with Gasteiger partial charge in [-0.15, -0.1) is 11.8 Å². The molecule has 1 aliphatic heterocycles. The molecule has 0 aromatic heterocycles. The lowest BCUT2D eigenvalue weighted by atomic mass is 10.0. The first-order valence-electron chi connectivity index (χ1n) is 10.4. The number of nitrogens with zero attached hydrogens (tertiary/aromatic N) is 1. The molecule has 0 fully saturated rings. The maximum atomic E-state index is 13.6. The number of fused-ring (bicyclic) bond motifs is 1. The summed E-state index contributed by atoms with van der Waals surface area (Å²) >= 11 is 1.51. The molecule has 1 aliphatic rings. The van der Waals surface area contributed by atoms with Crippen LogP contribution in [0, 0.1) is 5.92 Å². The highest BCUT2D eigenvalue weighted by Gasteiger charge is 2.37. The fourth-order valence-corrected chi connectivity index (χ4v) is 4.95. The Morgan fingerprint density at radius 3 is 2.32 bits per heavy atom. The number of hydrogen-bond donors (Lipinski definition) is 2. The second-order valence-corrected chi connectivity index (χ2v) is 9.41. The molecule has 31 heavy (non-hydrogen) atoms. The first-order chi connectivity index (χ1) is 14.8. The molecule has 0 bridgehead atoms. The van der Waals surface area contributed by atoms with Crippen molar-refractivity contribution in [1.29, 1.82) is 0 Å². The minimum absolute atomic E-state index is 0.108. The van der Waals surface area contributed by atoms with Crippen LogP contribution in [-0.4, -0.2) is 40.2 Å². The zero-order chi connectivity index (χ0) is 22.5. The molecule has 2 amide bonds. The van der Waals surface area contributed by atoms with Crippen LogP contribution in [0.25, 0.3) is 0 Å². The summed E-state index contributed by atoms with van der Waals surface area (Å²) in [5.41, 5.74) is 1.74. The maximum Gasteiger partial charge on any atom is 0.326 e. The Morgan fingerprint density at radius 2 is 1.71 bits per heavy atom. The van der Waals surface area contributed by atoms with E-state index < -0.39 is 24.0 Å². The smallest absolute Gasteiger partial charge is 0.326 e. The number of anilines is 1. The Bertz CT molecular complexity index is 923. The minimum atomic E-state index is -1.08. The minimum Gasteiger partial charge on any atom is -0.480 e. The largest absolute Gasteiger partial charge is 0.480 e. The van der Waals surface area contributed by atoms with Gasteiger partial charge in [-0.3, -0.25) is 14.5 Å². The highest BCUT2D eigenvalue weighted by atomic mass is 32.2. The lowest BCUT2D eigenvalue weighted by Gasteiger charge is -2.31. The number of benzene rings is 2. The van der Waals surface area contributed by atoms with E-state index in [0.717, 1.165) is 10.5 Å². The average molecular weight is 441 g/mol. The van der Waals surface area contributed by atoms with Gasteiger partial charge in [-0.2, -0.15) is 0 Å². The second kappa shape index (κ2) is 10.0. The lowest BCUT2D eigenvalue weighted by molar-refractivity contribution is -0.142. The van der Waals surface area contributed by atoms with E-state index in [9.17, 15) is 19.5 Å². The van der Waals surface area contributed by atoms with Crippen molar-refractivity contribution in [3.05, 3.63) is 60.2 Å². The van der Waals surface area contributed by atoms with E-state index in [1.165, 1.54) is 16.7 Å². The number of carbonyl (C=O) groups is 3. The van der Waals surface area contributed by atoms with Crippen molar-refractivity contribution in [1.82, 2.24) is 5.32 Å². The van der Waals surface area contributed by atoms with Crippen molar-refractivity contribution >= 4 is 35.2 Å². The van der Waals surface area contributed by atoms with E-state index in [-0.39, 0.29) is 17.1 Å². The number of carboxylic acid groups (broad SMARTS) is 1. The summed E-state index contributed by atoms with van der Waals surface area (Å²) in [6, 6.07) is 15.1. The highest BCUT2D eigenvalue weighted by Crippen LogP contribution is 2.38. The van der Waals surface area contributed by atoms with Gasteiger partial charge >= 0.3 is 5.97 Å². The third-order valence-corrected chi connectivity index (χ3v) is 6.59. The second-order valence-electron chi connectivity index (χ2n) is 8.17. The van der Waals surface area contributed by atoms with Gasteiger partial charge in [0.25, 0.3) is 0 Å². The summed E-state index contributed by atoms with van der Waals surface area (Å²) in [7, 11) is 0. The molecule has 2 aromatic carbocycles. The Kier molecular flexibility index (Phi) is 7.38. The van der Waals surface area contributed by atoms with Crippen LogP contribution in [0.1, 0.15) is 32.8 Å². The zero-order valence-electron chi connectivity index (χ0n) is 17.9. The quantitative estimate of drug-likeness (QED) is 0.653. The van der Waals surface area contributed by atoms with Gasteiger partial charge in [-0.25, -0.2) is 4.79 Å². The van der Waals surface area contributed by atoms with Crippen LogP contribution >= 0.6 is 11.8 Å². The third kappa shape index (κ3) is 5.47. The van der Waals surface area contributed by atoms with Crippen LogP contribution in [-0.2, 0) is 20.8 Å². The van der Waals surface area contributed by atoms with Crippen LogP contribution in [0.5, 0.6) is 0 Å². The molecule has 0 spiro atoms. The number of nitrogens with one attached hydrogen (secondary N) is 1. The van der Waals surface area contributed by atoms with Crippen LogP contribution in [0.3, 0.4) is 0 Å². The van der Waals surface area contributed by atoms with E-state index in [2.05, 4.69) is 5.32 Å². The molecule has 3 rings (SSSR count). The molecule has 3 atom stereocenters. The number of carbonyl (C=O) groups excluding carboxylic acids is 2. The molecule has 1 heterocycles. The van der Waals surface area contributed by atoms with E-state index in [1.807, 2.05) is 56.3 Å². The molecule has 0 saturated heterocycles. The summed E-state index contributed by atoms with van der Waals surface area (Å²) in [5, 5.41) is 11.8. The Morgan fingerprint density at radius 1 is 1.06 bits per heavy atom. The Balaban J connectivity index is 1.83. The van der Waals surface area contributed by atoms with Gasteiger partial charge in [-0.05, 0) is 49.4 Å². The normalized spacial score (nSPS) is 17.0. The molecule has 0 aliphatic carbocycles. The molecule has 0 saturated carbocycles. The fourth-order valence-electron chi connectivity index (χ4n) is 3.71. The predicted octanol–water partition coefficient (Wildman–Crippen LogP) is 3.74. The van der Waals surface area contributed by atoms with E-state index >= 15 is 0 Å². The van der Waals surface area contributed by atoms with Gasteiger partial charge in [0.2, 0.25) is 11.8 Å². The number of aliphatic carboxylic acids is 1. The molecular weight excluding hydrogens is 412 g/mol. The summed E-state index contributed by atoms with van der Waals surface area (Å²) in [4.78, 5) is 40.8. The van der Waals surface area contributed by atoms with Gasteiger partial charge in [0, 0.05) is 10.6 Å². The standard InChI is InChI=1S/C24H28N2O4S/c1-15(2)13-19(24(29)30)25-22(27)16(3)26(18-10-5-4-6-11-18)23(28)21-14-17-9-7-8-12-20(17)31-21/h4-12,15-16,19,21H,13-14H2,1-3H3,(H,25,27)(H,29,30)/t16-,19-,21?/m0/s1. The number of hydrogen-bond acceptors (Lipinski definition) is 4. The average Bonchev–Trinajstić information content (AvgIpc) is 3.18. The number of rotatable bonds is 8. The van der Waals surface area contributed by atoms with Gasteiger partial charge in [-0.1, -0.05) is 50.2 Å². The summed E-state index contributed by atoms with van der Waals surface area (Å²) in [6.07, 6.45) is 0.920. The Labute approximate surface area is 187 Å². The summed E-state index contributed by atoms with van der Waals surface area (Å²) in [5.74, 6) is -1.61. The SMILES string of the molecule is CC(C)C[C@H](NC(=O)[C@H](C)N(C(=O)C1Cc2ccccc2S1)c1ccccc1)C(=O)O. The molecule has 0 radical (unpaired) electrons. The fraction of sp³-hybridized carbons (Fsp3) is 0.375. The van der Waals surface area contributed by atoms with Crippen molar-refractivity contribution in [2.24, 2.45) is 5.92 Å². The van der Waals surface area contributed by atoms with Crippen molar-refractivity contribution in [3.8, 4) is 0 Å². The summed E-state index contributed by atoms with van der Waals surface area (Å²) in [6.45, 7) is 5.45. The third-order valence-electron chi connectivity index (χ3n) is 5.28. The molecule has 2 N–H and O–H groups in total. The zero-order valence-corrected chi connectivity index (χ0v) is 18.8. The van der Waals surface area contributed by atoms with Crippen LogP contribution < -0.4 is 10.2 Å². The van der Waals surface area contributed by atoms with Crippen molar-refractivity contribution in [2.75, 3.05) is 4.90 Å². The number of amides is 2. The lowest BCUT2D eigenvalue weighted by Crippen LogP contribution is -2.54. The van der Waals surface area contributed by atoms with E-state index in [0.29, 0.717) is 18.5 Å². The van der Waals surface area contributed by atoms with E-state index in [1.54, 1.807) is 19.1 Å². The van der Waals surface area contributed by atoms with Crippen molar-refractivity contribution in [2.45, 2.75) is 55.8 Å². The maximum absolute atomic E-state index is 13.6. The van der Waals surface area contributed by atoms with Gasteiger partial charge in [0.1, 0.15) is 12.1 Å². The van der Waals surface area contributed by atoms with Gasteiger partial charge in [0.05, 0.1) is 5.25 Å². The van der Waals surface area contributed by atoms with Crippen molar-refractivity contribution in [3.63, 3.8) is 0 Å². The summed E-state index contributed by atoms with van der Waals surface area (Å²) < 4.78 is 0. The van der Waals surface area contributed by atoms with Crippen molar-refractivity contribution < 1.29 is 19.5 Å². The van der Waals surface area contributed by atoms with Gasteiger partial charge in [0.15, 0.2) is 0 Å². The van der Waals surface area contributed by atoms with Crippen LogP contribution in [0.15, 0.2) is 59.5 Å². The van der Waals surface area contributed by atoms with Crippen LogP contribution in [0.4, 0.5) is 5.69 Å². The van der Waals surface area contributed by atoms with E-state index in [4.69, 9.17) is 0 Å². The molecule has 7 heteroatoms. The topological polar surface area (TPSA) is 86.7 Å². The predicted molar refractivity (Wildman–Crippen MR) is 122 cm³/mol. The first-order valence-corrected chi connectivity index (χ1v) is 11.3. The van der Waals surface area contributed by atoms with Gasteiger partial charge < -0.3 is 10.4 Å². The number of thioether (sulfide) groups is 1. The molecule has 6 nitrogen and oxygen atoms in total. The molecule has 2 aromatic rings. The Hall–Kier alpha value is -2.80.